The fourth-order valence-electron chi connectivity index (χ4n) is 2.22. The van der Waals surface area contributed by atoms with Crippen molar-refractivity contribution in [1.29, 1.82) is 0 Å². The zero-order valence-corrected chi connectivity index (χ0v) is 10.3. The first kappa shape index (κ1) is 13.5. The predicted molar refractivity (Wildman–Crippen MR) is 67.4 cm³/mol. The number of carbonyl (C=O) groups is 2. The van der Waals surface area contributed by atoms with Gasteiger partial charge in [-0.15, -0.1) is 0 Å². The van der Waals surface area contributed by atoms with E-state index in [1.165, 1.54) is 4.90 Å². The fourth-order valence-corrected chi connectivity index (χ4v) is 2.22. The molecule has 2 rings (SSSR count). The van der Waals surface area contributed by atoms with Gasteiger partial charge in [0, 0.05) is 25.1 Å². The van der Waals surface area contributed by atoms with Gasteiger partial charge in [0.25, 0.3) is 5.91 Å². The van der Waals surface area contributed by atoms with Crippen molar-refractivity contribution in [3.05, 3.63) is 35.4 Å². The Kier molecular flexibility index (Phi) is 3.82. The van der Waals surface area contributed by atoms with Gasteiger partial charge in [-0.25, -0.2) is 4.79 Å². The fraction of sp³-hybridized carbons (Fsp3) is 0.385. The van der Waals surface area contributed by atoms with Crippen molar-refractivity contribution in [1.82, 2.24) is 4.90 Å². The lowest BCUT2D eigenvalue weighted by atomic mass is 10.1. The second kappa shape index (κ2) is 5.38. The summed E-state index contributed by atoms with van der Waals surface area (Å²) in [7, 11) is 0. The number of amides is 1. The van der Waals surface area contributed by atoms with E-state index in [-0.39, 0.29) is 18.9 Å². The Labute approximate surface area is 110 Å². The molecule has 1 saturated heterocycles. The molecule has 6 heteroatoms. The molecule has 0 aromatic heterocycles. The molecule has 0 aliphatic carbocycles. The highest BCUT2D eigenvalue weighted by Crippen LogP contribution is 2.21. The van der Waals surface area contributed by atoms with Crippen molar-refractivity contribution >= 4 is 11.9 Å². The summed E-state index contributed by atoms with van der Waals surface area (Å²) in [6, 6.07) is 5.74. The van der Waals surface area contributed by atoms with Crippen LogP contribution >= 0.6 is 0 Å². The van der Waals surface area contributed by atoms with Crippen LogP contribution in [0.1, 0.15) is 22.3 Å². The number of likely N-dealkylation sites (tertiary alicyclic amines) is 1. The Morgan fingerprint density at radius 3 is 2.47 bits per heavy atom. The molecule has 2 unspecified atom stereocenters. The van der Waals surface area contributed by atoms with Crippen molar-refractivity contribution in [2.75, 3.05) is 6.54 Å². The summed E-state index contributed by atoms with van der Waals surface area (Å²) in [5, 5.41) is 18.6. The molecule has 4 N–H and O–H groups in total. The number of benzene rings is 1. The van der Waals surface area contributed by atoms with Crippen LogP contribution in [-0.2, 0) is 11.3 Å². The van der Waals surface area contributed by atoms with Gasteiger partial charge in [-0.05, 0) is 17.7 Å². The average Bonchev–Trinajstić information content (AvgIpc) is 2.80. The van der Waals surface area contributed by atoms with Crippen LogP contribution in [0.25, 0.3) is 0 Å². The number of β-amino-alcohol motifs (C(OH)–C–C–N with tert-alkyl or cyclic N) is 1. The Balaban J connectivity index is 2.20. The maximum absolute atomic E-state index is 12.2. The number of hydrogen-bond acceptors (Lipinski definition) is 4. The number of carboxylic acid groups (broad SMARTS) is 1. The number of aliphatic hydroxyl groups is 1. The summed E-state index contributed by atoms with van der Waals surface area (Å²) in [6.07, 6.45) is -0.713. The van der Waals surface area contributed by atoms with E-state index < -0.39 is 18.1 Å². The summed E-state index contributed by atoms with van der Waals surface area (Å²) in [4.78, 5) is 24.5. The lowest BCUT2D eigenvalue weighted by molar-refractivity contribution is -0.141. The van der Waals surface area contributed by atoms with Crippen LogP contribution in [0, 0.1) is 0 Å². The summed E-state index contributed by atoms with van der Waals surface area (Å²) < 4.78 is 0. The number of nitrogens with two attached hydrogens (primary N) is 1. The maximum atomic E-state index is 12.2. The molecule has 1 fully saturated rings. The first-order valence-corrected chi connectivity index (χ1v) is 6.03. The molecular formula is C13H16N2O4. The minimum Gasteiger partial charge on any atom is -0.480 e. The molecule has 2 atom stereocenters. The third-order valence-electron chi connectivity index (χ3n) is 3.26. The number of nitrogens with zero attached hydrogens (tertiary/aromatic N) is 1. The van der Waals surface area contributed by atoms with Crippen LogP contribution in [0.3, 0.4) is 0 Å². The van der Waals surface area contributed by atoms with Crippen LogP contribution < -0.4 is 5.73 Å². The number of aliphatic carboxylic acids is 1. The van der Waals surface area contributed by atoms with Crippen molar-refractivity contribution < 1.29 is 19.8 Å². The van der Waals surface area contributed by atoms with Gasteiger partial charge < -0.3 is 20.8 Å². The Bertz CT molecular complexity index is 486. The number of carbonyl (C=O) groups excluding carboxylic acids is 1. The molecule has 102 valence electrons. The zero-order chi connectivity index (χ0) is 14.0. The van der Waals surface area contributed by atoms with Crippen molar-refractivity contribution in [2.45, 2.75) is 25.1 Å². The van der Waals surface area contributed by atoms with Crippen molar-refractivity contribution in [3.63, 3.8) is 0 Å². The third-order valence-corrected chi connectivity index (χ3v) is 3.26. The Morgan fingerprint density at radius 2 is 1.95 bits per heavy atom. The molecule has 0 radical (unpaired) electrons. The molecular weight excluding hydrogens is 248 g/mol. The average molecular weight is 264 g/mol. The van der Waals surface area contributed by atoms with E-state index in [1.54, 1.807) is 24.3 Å². The molecule has 1 aromatic carbocycles. The van der Waals surface area contributed by atoms with Crippen LogP contribution in [-0.4, -0.2) is 45.7 Å². The summed E-state index contributed by atoms with van der Waals surface area (Å²) in [6.45, 7) is 0.434. The quantitative estimate of drug-likeness (QED) is 0.701. The lowest BCUT2D eigenvalue weighted by Crippen LogP contribution is -2.40. The number of hydrogen-bond donors (Lipinski definition) is 3. The largest absolute Gasteiger partial charge is 0.480 e. The van der Waals surface area contributed by atoms with Gasteiger partial charge in [-0.1, -0.05) is 12.1 Å². The topological polar surface area (TPSA) is 104 Å². The lowest BCUT2D eigenvalue weighted by Gasteiger charge is -2.21. The monoisotopic (exact) mass is 264 g/mol. The van der Waals surface area contributed by atoms with E-state index >= 15 is 0 Å². The first-order valence-electron chi connectivity index (χ1n) is 6.03. The summed E-state index contributed by atoms with van der Waals surface area (Å²) in [5.41, 5.74) is 6.77. The van der Waals surface area contributed by atoms with Crippen LogP contribution in [0.4, 0.5) is 0 Å². The predicted octanol–water partition coefficient (Wildman–Crippen LogP) is -0.195. The summed E-state index contributed by atoms with van der Waals surface area (Å²) in [5.74, 6) is -1.48. The van der Waals surface area contributed by atoms with Gasteiger partial charge in [0.1, 0.15) is 6.04 Å². The molecule has 6 nitrogen and oxygen atoms in total. The SMILES string of the molecule is NCc1ccc(C(=O)N2CC(O)CC2C(=O)O)cc1. The van der Waals surface area contributed by atoms with E-state index in [2.05, 4.69) is 0 Å². The highest BCUT2D eigenvalue weighted by Gasteiger charge is 2.39. The Hall–Kier alpha value is -1.92. The Morgan fingerprint density at radius 1 is 1.32 bits per heavy atom. The molecule has 0 bridgehead atoms. The van der Waals surface area contributed by atoms with E-state index in [0.29, 0.717) is 12.1 Å². The molecule has 1 amide bonds. The molecule has 0 saturated carbocycles. The highest BCUT2D eigenvalue weighted by molar-refractivity contribution is 5.97. The first-order chi connectivity index (χ1) is 9.02. The van der Waals surface area contributed by atoms with Gasteiger partial charge in [-0.3, -0.25) is 4.79 Å². The van der Waals surface area contributed by atoms with E-state index in [1.807, 2.05) is 0 Å². The maximum Gasteiger partial charge on any atom is 0.326 e. The standard InChI is InChI=1S/C13H16N2O4/c14-6-8-1-3-9(4-2-8)12(17)15-7-10(16)5-11(15)13(18)19/h1-4,10-11,16H,5-7,14H2,(H,18,19). The molecule has 0 spiro atoms. The van der Waals surface area contributed by atoms with Gasteiger partial charge in [0.05, 0.1) is 6.10 Å². The van der Waals surface area contributed by atoms with Gasteiger partial charge in [0.15, 0.2) is 0 Å². The van der Waals surface area contributed by atoms with Gasteiger partial charge >= 0.3 is 5.97 Å². The zero-order valence-electron chi connectivity index (χ0n) is 10.3. The van der Waals surface area contributed by atoms with Crippen molar-refractivity contribution in [3.8, 4) is 0 Å². The normalized spacial score (nSPS) is 22.5. The third kappa shape index (κ3) is 2.74. The summed E-state index contributed by atoms with van der Waals surface area (Å²) >= 11 is 0. The second-order valence-corrected chi connectivity index (χ2v) is 4.60. The molecule has 19 heavy (non-hydrogen) atoms. The molecule has 1 aliphatic heterocycles. The molecule has 1 aromatic rings. The number of rotatable bonds is 3. The van der Waals surface area contributed by atoms with E-state index in [0.717, 1.165) is 5.56 Å². The highest BCUT2D eigenvalue weighted by atomic mass is 16.4. The van der Waals surface area contributed by atoms with Crippen LogP contribution in [0.2, 0.25) is 0 Å². The smallest absolute Gasteiger partial charge is 0.326 e. The number of aliphatic hydroxyl groups excluding tert-OH is 1. The van der Waals surface area contributed by atoms with Gasteiger partial charge in [-0.2, -0.15) is 0 Å². The molecule has 1 aliphatic rings. The minimum absolute atomic E-state index is 0.0500. The molecule has 1 heterocycles. The van der Waals surface area contributed by atoms with Crippen molar-refractivity contribution in [2.24, 2.45) is 5.73 Å². The second-order valence-electron chi connectivity index (χ2n) is 4.60. The minimum atomic E-state index is -1.09. The van der Waals surface area contributed by atoms with Crippen LogP contribution in [0.5, 0.6) is 0 Å². The van der Waals surface area contributed by atoms with E-state index in [9.17, 15) is 14.7 Å². The van der Waals surface area contributed by atoms with Gasteiger partial charge in [0.2, 0.25) is 0 Å². The van der Waals surface area contributed by atoms with E-state index in [4.69, 9.17) is 10.8 Å². The number of carboxylic acids is 1. The van der Waals surface area contributed by atoms with Crippen LogP contribution in [0.15, 0.2) is 24.3 Å².